The molecule has 118 valence electrons. The van der Waals surface area contributed by atoms with E-state index in [2.05, 4.69) is 5.16 Å². The molecule has 1 aliphatic heterocycles. The summed E-state index contributed by atoms with van der Waals surface area (Å²) < 4.78 is 0. The molecule has 0 saturated heterocycles. The SMILES string of the molecule is CC(c1ccccc1)N(C)C(=O)C1=NOC(c2ccccc2)C1. The van der Waals surface area contributed by atoms with E-state index in [-0.39, 0.29) is 18.1 Å². The highest BCUT2D eigenvalue weighted by molar-refractivity contribution is 6.39. The molecule has 2 aromatic carbocycles. The summed E-state index contributed by atoms with van der Waals surface area (Å²) in [5, 5.41) is 4.02. The number of carbonyl (C=O) groups excluding carboxylic acids is 1. The van der Waals surface area contributed by atoms with Crippen molar-refractivity contribution in [1.82, 2.24) is 4.90 Å². The maximum absolute atomic E-state index is 12.7. The summed E-state index contributed by atoms with van der Waals surface area (Å²) in [4.78, 5) is 19.8. The Hall–Kier alpha value is -2.62. The normalized spacial score (nSPS) is 18.0. The van der Waals surface area contributed by atoms with Crippen LogP contribution in [0.15, 0.2) is 65.8 Å². The van der Waals surface area contributed by atoms with Gasteiger partial charge in [-0.25, -0.2) is 0 Å². The van der Waals surface area contributed by atoms with Crippen LogP contribution in [0.2, 0.25) is 0 Å². The Bertz CT molecular complexity index is 698. The summed E-state index contributed by atoms with van der Waals surface area (Å²) in [7, 11) is 1.80. The van der Waals surface area contributed by atoms with Crippen molar-refractivity contribution < 1.29 is 9.63 Å². The van der Waals surface area contributed by atoms with Crippen molar-refractivity contribution >= 4 is 11.6 Å². The van der Waals surface area contributed by atoms with Crippen LogP contribution in [-0.4, -0.2) is 23.6 Å². The molecule has 0 fully saturated rings. The Balaban J connectivity index is 1.67. The summed E-state index contributed by atoms with van der Waals surface area (Å²) in [6.45, 7) is 2.01. The number of oxime groups is 1. The van der Waals surface area contributed by atoms with Crippen molar-refractivity contribution in [2.45, 2.75) is 25.5 Å². The fourth-order valence-corrected chi connectivity index (χ4v) is 2.68. The van der Waals surface area contributed by atoms with E-state index >= 15 is 0 Å². The third-order valence-corrected chi connectivity index (χ3v) is 4.27. The highest BCUT2D eigenvalue weighted by Gasteiger charge is 2.30. The molecule has 0 aliphatic carbocycles. The summed E-state index contributed by atoms with van der Waals surface area (Å²) >= 11 is 0. The lowest BCUT2D eigenvalue weighted by molar-refractivity contribution is -0.124. The molecule has 2 unspecified atom stereocenters. The molecule has 4 nitrogen and oxygen atoms in total. The van der Waals surface area contributed by atoms with E-state index in [0.717, 1.165) is 11.1 Å². The van der Waals surface area contributed by atoms with Gasteiger partial charge in [0, 0.05) is 13.5 Å². The van der Waals surface area contributed by atoms with Gasteiger partial charge < -0.3 is 9.74 Å². The maximum atomic E-state index is 12.7. The summed E-state index contributed by atoms with van der Waals surface area (Å²) in [6.07, 6.45) is 0.338. The summed E-state index contributed by atoms with van der Waals surface area (Å²) in [5.74, 6) is -0.0835. The van der Waals surface area contributed by atoms with Crippen LogP contribution in [-0.2, 0) is 9.63 Å². The number of amides is 1. The summed E-state index contributed by atoms with van der Waals surface area (Å²) in [5.41, 5.74) is 2.62. The minimum atomic E-state index is -0.171. The first-order chi connectivity index (χ1) is 11.2. The molecule has 1 aliphatic rings. The smallest absolute Gasteiger partial charge is 0.272 e. The Morgan fingerprint density at radius 1 is 1.13 bits per heavy atom. The molecule has 4 heteroatoms. The lowest BCUT2D eigenvalue weighted by Gasteiger charge is -2.25. The minimum Gasteiger partial charge on any atom is -0.387 e. The van der Waals surface area contributed by atoms with E-state index in [1.54, 1.807) is 11.9 Å². The third-order valence-electron chi connectivity index (χ3n) is 4.27. The van der Waals surface area contributed by atoms with Crippen LogP contribution in [0.3, 0.4) is 0 Å². The Morgan fingerprint density at radius 2 is 1.74 bits per heavy atom. The zero-order valence-electron chi connectivity index (χ0n) is 13.3. The van der Waals surface area contributed by atoms with Gasteiger partial charge in [-0.15, -0.1) is 0 Å². The second kappa shape index (κ2) is 6.65. The fourth-order valence-electron chi connectivity index (χ4n) is 2.68. The number of rotatable bonds is 4. The van der Waals surface area contributed by atoms with Gasteiger partial charge in [-0.2, -0.15) is 0 Å². The quantitative estimate of drug-likeness (QED) is 0.863. The molecular formula is C19H20N2O2. The van der Waals surface area contributed by atoms with Crippen molar-refractivity contribution in [3.63, 3.8) is 0 Å². The van der Waals surface area contributed by atoms with E-state index in [0.29, 0.717) is 12.1 Å². The van der Waals surface area contributed by atoms with Crippen molar-refractivity contribution in [2.24, 2.45) is 5.16 Å². The van der Waals surface area contributed by atoms with Gasteiger partial charge >= 0.3 is 0 Å². The van der Waals surface area contributed by atoms with Gasteiger partial charge in [-0.3, -0.25) is 4.79 Å². The molecule has 1 amide bonds. The van der Waals surface area contributed by atoms with E-state index < -0.39 is 0 Å². The Kier molecular flexibility index (Phi) is 4.42. The first-order valence-electron chi connectivity index (χ1n) is 7.76. The van der Waals surface area contributed by atoms with Crippen LogP contribution in [0.25, 0.3) is 0 Å². The van der Waals surface area contributed by atoms with Gasteiger partial charge in [0.1, 0.15) is 5.71 Å². The van der Waals surface area contributed by atoms with Crippen LogP contribution in [0.5, 0.6) is 0 Å². The monoisotopic (exact) mass is 308 g/mol. The Labute approximate surface area is 136 Å². The molecule has 0 aromatic heterocycles. The minimum absolute atomic E-state index is 0.0119. The molecule has 3 rings (SSSR count). The van der Waals surface area contributed by atoms with E-state index in [1.165, 1.54) is 0 Å². The van der Waals surface area contributed by atoms with Crippen molar-refractivity contribution in [3.8, 4) is 0 Å². The lowest BCUT2D eigenvalue weighted by atomic mass is 10.0. The number of benzene rings is 2. The van der Waals surface area contributed by atoms with Crippen LogP contribution in [0.4, 0.5) is 0 Å². The average molecular weight is 308 g/mol. The molecule has 0 bridgehead atoms. The second-order valence-electron chi connectivity index (χ2n) is 5.75. The van der Waals surface area contributed by atoms with Gasteiger partial charge in [0.15, 0.2) is 6.10 Å². The van der Waals surface area contributed by atoms with Gasteiger partial charge in [0.25, 0.3) is 5.91 Å². The van der Waals surface area contributed by atoms with Crippen LogP contribution in [0.1, 0.15) is 36.6 Å². The van der Waals surface area contributed by atoms with E-state index in [9.17, 15) is 4.79 Å². The number of carbonyl (C=O) groups is 1. The second-order valence-corrected chi connectivity index (χ2v) is 5.75. The molecule has 23 heavy (non-hydrogen) atoms. The molecule has 0 saturated carbocycles. The number of nitrogens with zero attached hydrogens (tertiary/aromatic N) is 2. The van der Waals surface area contributed by atoms with Crippen molar-refractivity contribution in [2.75, 3.05) is 7.05 Å². The Morgan fingerprint density at radius 3 is 2.39 bits per heavy atom. The molecular weight excluding hydrogens is 288 g/mol. The first-order valence-corrected chi connectivity index (χ1v) is 7.76. The fraction of sp³-hybridized carbons (Fsp3) is 0.263. The van der Waals surface area contributed by atoms with E-state index in [1.807, 2.05) is 67.6 Å². The maximum Gasteiger partial charge on any atom is 0.272 e. The first kappa shape index (κ1) is 15.3. The third kappa shape index (κ3) is 3.26. The largest absolute Gasteiger partial charge is 0.387 e. The highest BCUT2D eigenvalue weighted by Crippen LogP contribution is 2.28. The summed E-state index contributed by atoms with van der Waals surface area (Å²) in [6, 6.07) is 19.8. The predicted molar refractivity (Wildman–Crippen MR) is 89.9 cm³/mol. The highest BCUT2D eigenvalue weighted by atomic mass is 16.6. The predicted octanol–water partition coefficient (Wildman–Crippen LogP) is 3.72. The molecule has 2 atom stereocenters. The lowest BCUT2D eigenvalue weighted by Crippen LogP contribution is -2.34. The molecule has 1 heterocycles. The number of hydrogen-bond donors (Lipinski definition) is 0. The topological polar surface area (TPSA) is 41.9 Å². The van der Waals surface area contributed by atoms with Gasteiger partial charge in [-0.1, -0.05) is 65.8 Å². The zero-order chi connectivity index (χ0) is 16.2. The van der Waals surface area contributed by atoms with Crippen LogP contribution in [0, 0.1) is 0 Å². The van der Waals surface area contributed by atoms with E-state index in [4.69, 9.17) is 4.84 Å². The van der Waals surface area contributed by atoms with Gasteiger partial charge in [-0.05, 0) is 18.1 Å². The van der Waals surface area contributed by atoms with Gasteiger partial charge in [0.2, 0.25) is 0 Å². The van der Waals surface area contributed by atoms with Crippen molar-refractivity contribution in [3.05, 3.63) is 71.8 Å². The van der Waals surface area contributed by atoms with Crippen molar-refractivity contribution in [1.29, 1.82) is 0 Å². The molecule has 0 radical (unpaired) electrons. The molecule has 0 spiro atoms. The average Bonchev–Trinajstić information content (AvgIpc) is 3.11. The van der Waals surface area contributed by atoms with Crippen LogP contribution >= 0.6 is 0 Å². The molecule has 2 aromatic rings. The molecule has 0 N–H and O–H groups in total. The van der Waals surface area contributed by atoms with Crippen LogP contribution < -0.4 is 0 Å². The standard InChI is InChI=1S/C19H20N2O2/c1-14(15-9-5-3-6-10-15)21(2)19(22)17-13-18(23-20-17)16-11-7-4-8-12-16/h3-12,14,18H,13H2,1-2H3. The zero-order valence-corrected chi connectivity index (χ0v) is 13.3. The number of hydrogen-bond acceptors (Lipinski definition) is 3. The van der Waals surface area contributed by atoms with Gasteiger partial charge in [0.05, 0.1) is 6.04 Å².